The predicted molar refractivity (Wildman–Crippen MR) is 133 cm³/mol. The smallest absolute Gasteiger partial charge is 0.278 e. The number of piperazine rings is 1. The number of para-hydroxylation sites is 2. The Morgan fingerprint density at radius 2 is 1.97 bits per heavy atom. The highest BCUT2D eigenvalue weighted by molar-refractivity contribution is 7.99. The van der Waals surface area contributed by atoms with Gasteiger partial charge in [0.05, 0.1) is 24.1 Å². The molecule has 1 aliphatic rings. The molecule has 3 aromatic rings. The summed E-state index contributed by atoms with van der Waals surface area (Å²) < 4.78 is 7.20. The van der Waals surface area contributed by atoms with Crippen LogP contribution in [0, 0.1) is 6.92 Å². The zero-order chi connectivity index (χ0) is 23.5. The van der Waals surface area contributed by atoms with Gasteiger partial charge in [-0.25, -0.2) is 4.98 Å². The Hall–Kier alpha value is -2.94. The van der Waals surface area contributed by atoms with Gasteiger partial charge in [-0.15, -0.1) is 0 Å². The van der Waals surface area contributed by atoms with E-state index in [1.807, 2.05) is 56.0 Å². The van der Waals surface area contributed by atoms with Gasteiger partial charge in [0.2, 0.25) is 5.91 Å². The summed E-state index contributed by atoms with van der Waals surface area (Å²) in [5.41, 5.74) is 3.05. The summed E-state index contributed by atoms with van der Waals surface area (Å²) in [5, 5.41) is 0.599. The van der Waals surface area contributed by atoms with Crippen LogP contribution in [0.2, 0.25) is 0 Å². The zero-order valence-corrected chi connectivity index (χ0v) is 20.4. The minimum atomic E-state index is -0.0807. The molecule has 0 radical (unpaired) electrons. The van der Waals surface area contributed by atoms with Gasteiger partial charge in [-0.2, -0.15) is 0 Å². The monoisotopic (exact) mass is 469 g/mol. The van der Waals surface area contributed by atoms with Crippen LogP contribution in [-0.4, -0.2) is 64.4 Å². The van der Waals surface area contributed by atoms with E-state index in [9.17, 15) is 9.59 Å². The van der Waals surface area contributed by atoms with Crippen molar-refractivity contribution in [3.8, 4) is 5.75 Å². The molecule has 1 aromatic carbocycles. The van der Waals surface area contributed by atoms with Gasteiger partial charge >= 0.3 is 0 Å². The number of hydrogen-bond donors (Lipinski definition) is 1. The van der Waals surface area contributed by atoms with Crippen molar-refractivity contribution in [3.63, 3.8) is 0 Å². The van der Waals surface area contributed by atoms with Gasteiger partial charge in [0.15, 0.2) is 5.16 Å². The van der Waals surface area contributed by atoms with Crippen molar-refractivity contribution in [2.45, 2.75) is 38.4 Å². The molecule has 0 saturated carbocycles. The molecule has 33 heavy (non-hydrogen) atoms. The summed E-state index contributed by atoms with van der Waals surface area (Å²) in [6.07, 6.45) is 0.805. The Morgan fingerprint density at radius 1 is 1.24 bits per heavy atom. The van der Waals surface area contributed by atoms with E-state index in [0.717, 1.165) is 36.6 Å². The number of carbonyl (C=O) groups is 1. The third kappa shape index (κ3) is 4.73. The number of anilines is 1. The quantitative estimate of drug-likeness (QED) is 0.422. The molecule has 3 heterocycles. The molecule has 1 amide bonds. The van der Waals surface area contributed by atoms with Crippen molar-refractivity contribution in [2.75, 3.05) is 43.9 Å². The maximum absolute atomic E-state index is 13.1. The number of hydrogen-bond acceptors (Lipinski definition) is 6. The number of aromatic nitrogens is 3. The molecule has 2 aromatic heterocycles. The van der Waals surface area contributed by atoms with Crippen molar-refractivity contribution in [1.29, 1.82) is 0 Å². The number of carbonyl (C=O) groups excluding carboxylic acids is 1. The van der Waals surface area contributed by atoms with Crippen molar-refractivity contribution in [2.24, 2.45) is 0 Å². The van der Waals surface area contributed by atoms with E-state index in [0.29, 0.717) is 29.3 Å². The average molecular weight is 470 g/mol. The second-order valence-electron chi connectivity index (χ2n) is 8.37. The molecular formula is C24H31N5O3S. The van der Waals surface area contributed by atoms with E-state index in [1.54, 1.807) is 11.7 Å². The predicted octanol–water partition coefficient (Wildman–Crippen LogP) is 3.45. The summed E-state index contributed by atoms with van der Waals surface area (Å²) in [4.78, 5) is 38.1. The molecular weight excluding hydrogens is 438 g/mol. The van der Waals surface area contributed by atoms with E-state index in [4.69, 9.17) is 9.72 Å². The molecule has 8 nitrogen and oxygen atoms in total. The molecule has 1 atom stereocenters. The van der Waals surface area contributed by atoms with Crippen molar-refractivity contribution in [3.05, 3.63) is 46.4 Å². The first-order valence-electron chi connectivity index (χ1n) is 11.3. The number of fused-ring (bicyclic) bond motifs is 1. The van der Waals surface area contributed by atoms with Crippen LogP contribution in [0.4, 0.5) is 5.69 Å². The van der Waals surface area contributed by atoms with Gasteiger partial charge in [-0.1, -0.05) is 30.8 Å². The summed E-state index contributed by atoms with van der Waals surface area (Å²) >= 11 is 1.35. The fourth-order valence-electron chi connectivity index (χ4n) is 4.17. The number of nitrogens with zero attached hydrogens (tertiary/aromatic N) is 4. The Morgan fingerprint density at radius 3 is 2.67 bits per heavy atom. The number of aromatic amines is 1. The van der Waals surface area contributed by atoms with Gasteiger partial charge in [0.25, 0.3) is 5.56 Å². The van der Waals surface area contributed by atoms with Crippen LogP contribution >= 0.6 is 11.8 Å². The molecule has 0 unspecified atom stereocenters. The van der Waals surface area contributed by atoms with Crippen LogP contribution in [0.5, 0.6) is 5.75 Å². The second-order valence-corrected chi connectivity index (χ2v) is 9.31. The molecule has 4 rings (SSSR count). The van der Waals surface area contributed by atoms with Gasteiger partial charge in [-0.3, -0.25) is 14.2 Å². The zero-order valence-electron chi connectivity index (χ0n) is 19.6. The average Bonchev–Trinajstić information content (AvgIpc) is 3.22. The number of thioether (sulfide) groups is 1. The Bertz CT molecular complexity index is 1200. The minimum Gasteiger partial charge on any atom is -0.495 e. The Kier molecular flexibility index (Phi) is 6.97. The number of ether oxygens (including phenoxy) is 1. The summed E-state index contributed by atoms with van der Waals surface area (Å²) in [6.45, 7) is 8.77. The van der Waals surface area contributed by atoms with Crippen LogP contribution in [-0.2, 0) is 4.79 Å². The second kappa shape index (κ2) is 9.91. The molecule has 1 saturated heterocycles. The highest BCUT2D eigenvalue weighted by Crippen LogP contribution is 2.29. The minimum absolute atomic E-state index is 0.00000540. The van der Waals surface area contributed by atoms with Crippen LogP contribution < -0.4 is 15.2 Å². The molecule has 0 aliphatic carbocycles. The number of aryl methyl sites for hydroxylation is 1. The standard InChI is InChI=1S/C24H31N5O3S/c1-5-17(3)29-23(31)22-18(14-16(2)25-22)26-24(29)33-15-21(30)28-12-10-27(11-13-28)19-8-6-7-9-20(19)32-4/h6-9,14,17,25H,5,10-13,15H2,1-4H3/t17-/m1/s1. The van der Waals surface area contributed by atoms with E-state index >= 15 is 0 Å². The first kappa shape index (κ1) is 23.2. The summed E-state index contributed by atoms with van der Waals surface area (Å²) in [7, 11) is 1.68. The first-order chi connectivity index (χ1) is 15.9. The van der Waals surface area contributed by atoms with Crippen LogP contribution in [0.25, 0.3) is 11.0 Å². The molecule has 1 aliphatic heterocycles. The maximum Gasteiger partial charge on any atom is 0.278 e. The number of methoxy groups -OCH3 is 1. The van der Waals surface area contributed by atoms with Gasteiger partial charge < -0.3 is 19.5 Å². The van der Waals surface area contributed by atoms with Gasteiger partial charge in [-0.05, 0) is 38.5 Å². The van der Waals surface area contributed by atoms with Gasteiger partial charge in [0, 0.05) is 37.9 Å². The lowest BCUT2D eigenvalue weighted by Gasteiger charge is -2.36. The van der Waals surface area contributed by atoms with E-state index in [2.05, 4.69) is 9.88 Å². The largest absolute Gasteiger partial charge is 0.495 e. The van der Waals surface area contributed by atoms with E-state index in [-0.39, 0.29) is 23.3 Å². The molecule has 1 fully saturated rings. The van der Waals surface area contributed by atoms with Gasteiger partial charge in [0.1, 0.15) is 11.3 Å². The number of nitrogens with one attached hydrogen (secondary N) is 1. The molecule has 176 valence electrons. The third-order valence-electron chi connectivity index (χ3n) is 6.20. The molecule has 0 bridgehead atoms. The lowest BCUT2D eigenvalue weighted by molar-refractivity contribution is -0.128. The normalized spacial score (nSPS) is 15.2. The van der Waals surface area contributed by atoms with Crippen molar-refractivity contribution < 1.29 is 9.53 Å². The van der Waals surface area contributed by atoms with Crippen molar-refractivity contribution in [1.82, 2.24) is 19.4 Å². The molecule has 0 spiro atoms. The Balaban J connectivity index is 1.44. The summed E-state index contributed by atoms with van der Waals surface area (Å²) in [5.74, 6) is 1.17. The van der Waals surface area contributed by atoms with Crippen molar-refractivity contribution >= 4 is 34.4 Å². The first-order valence-corrected chi connectivity index (χ1v) is 12.3. The van der Waals surface area contributed by atoms with Crippen LogP contribution in [0.3, 0.4) is 0 Å². The molecule has 9 heteroatoms. The highest BCUT2D eigenvalue weighted by atomic mass is 32.2. The topological polar surface area (TPSA) is 83.5 Å². The third-order valence-corrected chi connectivity index (χ3v) is 7.14. The number of rotatable bonds is 7. The number of benzene rings is 1. The van der Waals surface area contributed by atoms with Crippen LogP contribution in [0.1, 0.15) is 32.0 Å². The highest BCUT2D eigenvalue weighted by Gasteiger charge is 2.24. The van der Waals surface area contributed by atoms with Crippen LogP contribution in [0.15, 0.2) is 40.3 Å². The van der Waals surface area contributed by atoms with E-state index < -0.39 is 0 Å². The molecule has 1 N–H and O–H groups in total. The SMILES string of the molecule is CC[C@@H](C)n1c(SCC(=O)N2CCN(c3ccccc3OC)CC2)nc2cc(C)[nH]c2c1=O. The fraction of sp³-hybridized carbons (Fsp3) is 0.458. The summed E-state index contributed by atoms with van der Waals surface area (Å²) in [6, 6.07) is 9.83. The lowest BCUT2D eigenvalue weighted by atomic mass is 10.2. The maximum atomic E-state index is 13.1. The number of amides is 1. The lowest BCUT2D eigenvalue weighted by Crippen LogP contribution is -2.49. The Labute approximate surface area is 197 Å². The number of H-pyrrole nitrogens is 1. The fourth-order valence-corrected chi connectivity index (χ4v) is 5.17. The van der Waals surface area contributed by atoms with E-state index in [1.165, 1.54) is 11.8 Å².